The maximum atomic E-state index is 12.8. The van der Waals surface area contributed by atoms with E-state index < -0.39 is 10.0 Å². The Hall–Kier alpha value is -2.88. The van der Waals surface area contributed by atoms with Crippen LogP contribution in [0.4, 0.5) is 11.4 Å². The van der Waals surface area contributed by atoms with Gasteiger partial charge in [-0.25, -0.2) is 8.42 Å². The van der Waals surface area contributed by atoms with Gasteiger partial charge in [-0.2, -0.15) is 5.10 Å². The fourth-order valence-corrected chi connectivity index (χ4v) is 4.74. The summed E-state index contributed by atoms with van der Waals surface area (Å²) in [5, 5.41) is 7.44. The fraction of sp³-hybridized carbons (Fsp3) is 0.304. The van der Waals surface area contributed by atoms with E-state index in [2.05, 4.69) is 15.1 Å². The molecule has 1 aliphatic carbocycles. The summed E-state index contributed by atoms with van der Waals surface area (Å²) in [5.74, 6) is -0.367. The fourth-order valence-electron chi connectivity index (χ4n) is 3.96. The Morgan fingerprint density at radius 2 is 1.94 bits per heavy atom. The average molecular weight is 489 g/mol. The lowest BCUT2D eigenvalue weighted by Gasteiger charge is -2.20. The van der Waals surface area contributed by atoms with Crippen molar-refractivity contribution in [2.75, 3.05) is 16.3 Å². The molecule has 2 atom stereocenters. The van der Waals surface area contributed by atoms with Crippen molar-refractivity contribution < 1.29 is 17.9 Å². The zero-order valence-electron chi connectivity index (χ0n) is 18.1. The summed E-state index contributed by atoms with van der Waals surface area (Å²) in [5.41, 5.74) is 2.15. The summed E-state index contributed by atoms with van der Waals surface area (Å²) in [6.45, 7) is 0.537. The number of rotatable bonds is 8. The third-order valence-electron chi connectivity index (χ3n) is 5.39. The third kappa shape index (κ3) is 6.34. The topological polar surface area (TPSA) is 102 Å². The van der Waals surface area contributed by atoms with E-state index in [1.807, 2.05) is 30.3 Å². The van der Waals surface area contributed by atoms with Crippen molar-refractivity contribution >= 4 is 38.9 Å². The van der Waals surface area contributed by atoms with Crippen LogP contribution in [0.1, 0.15) is 41.2 Å². The number of benzene rings is 2. The Bertz CT molecular complexity index is 1230. The highest BCUT2D eigenvalue weighted by Gasteiger charge is 2.30. The van der Waals surface area contributed by atoms with E-state index in [0.29, 0.717) is 22.9 Å². The maximum absolute atomic E-state index is 12.8. The van der Waals surface area contributed by atoms with Crippen LogP contribution in [0.3, 0.4) is 0 Å². The summed E-state index contributed by atoms with van der Waals surface area (Å²) in [7, 11) is -3.47. The Morgan fingerprint density at radius 3 is 2.70 bits per heavy atom. The molecule has 0 bridgehead atoms. The molecule has 33 heavy (non-hydrogen) atoms. The molecule has 10 heteroatoms. The molecule has 0 spiro atoms. The summed E-state index contributed by atoms with van der Waals surface area (Å²) in [6, 6.07) is 14.6. The van der Waals surface area contributed by atoms with Crippen molar-refractivity contribution in [2.24, 2.45) is 0 Å². The van der Waals surface area contributed by atoms with Gasteiger partial charge in [0.05, 0.1) is 42.5 Å². The first kappa shape index (κ1) is 23.3. The largest absolute Gasteiger partial charge is 0.371 e. The van der Waals surface area contributed by atoms with E-state index in [4.69, 9.17) is 16.3 Å². The molecule has 3 aromatic rings. The normalized spacial score (nSPS) is 18.2. The lowest BCUT2D eigenvalue weighted by molar-refractivity contribution is 0.0166. The highest BCUT2D eigenvalue weighted by molar-refractivity contribution is 7.92. The number of anilines is 2. The number of halogens is 1. The summed E-state index contributed by atoms with van der Waals surface area (Å²) < 4.78 is 33.3. The van der Waals surface area contributed by atoms with Gasteiger partial charge in [-0.3, -0.25) is 14.2 Å². The number of sulfonamides is 1. The average Bonchev–Trinajstić information content (AvgIpc) is 3.40. The van der Waals surface area contributed by atoms with Crippen molar-refractivity contribution in [1.82, 2.24) is 9.78 Å². The van der Waals surface area contributed by atoms with Crippen LogP contribution < -0.4 is 10.0 Å². The molecule has 2 N–H and O–H groups in total. The van der Waals surface area contributed by atoms with Crippen molar-refractivity contribution in [3.05, 3.63) is 77.1 Å². The Labute approximate surface area is 198 Å². The summed E-state index contributed by atoms with van der Waals surface area (Å²) in [6.07, 6.45) is 7.20. The molecule has 4 rings (SSSR count). The molecular weight excluding hydrogens is 464 g/mol. The van der Waals surface area contributed by atoms with Gasteiger partial charge in [0.15, 0.2) is 0 Å². The molecule has 0 aliphatic heterocycles. The second-order valence-corrected chi connectivity index (χ2v) is 10.3. The van der Waals surface area contributed by atoms with Crippen molar-refractivity contribution in [3.63, 3.8) is 0 Å². The predicted molar refractivity (Wildman–Crippen MR) is 128 cm³/mol. The number of carbonyl (C=O) groups is 1. The molecule has 174 valence electrons. The molecule has 0 radical (unpaired) electrons. The monoisotopic (exact) mass is 488 g/mol. The minimum atomic E-state index is -3.47. The third-order valence-corrected chi connectivity index (χ3v) is 6.21. The van der Waals surface area contributed by atoms with E-state index in [1.54, 1.807) is 16.9 Å². The predicted octanol–water partition coefficient (Wildman–Crippen LogP) is 4.47. The summed E-state index contributed by atoms with van der Waals surface area (Å²) in [4.78, 5) is 12.8. The molecule has 2 aromatic carbocycles. The van der Waals surface area contributed by atoms with Crippen LogP contribution in [-0.2, 0) is 21.4 Å². The number of ether oxygens (including phenoxy) is 1. The standard InChI is InChI=1S/C23H25ClN4O4S/c1-33(30,31)27-20-11-18(24)10-19(12-20)26-23(29)17-13-25-28(14-17)21-8-5-9-22(21)32-15-16-6-3-2-4-7-16/h2-4,6-7,10-14,21-22,27H,5,8-9,15H2,1H3,(H,26,29). The van der Waals surface area contributed by atoms with Crippen molar-refractivity contribution in [1.29, 1.82) is 0 Å². The van der Waals surface area contributed by atoms with Gasteiger partial charge in [0.1, 0.15) is 0 Å². The zero-order valence-corrected chi connectivity index (χ0v) is 19.6. The molecule has 1 heterocycles. The second kappa shape index (κ2) is 9.94. The molecule has 1 saturated carbocycles. The van der Waals surface area contributed by atoms with Gasteiger partial charge < -0.3 is 10.1 Å². The maximum Gasteiger partial charge on any atom is 0.258 e. The number of nitrogens with one attached hydrogen (secondary N) is 2. The van der Waals surface area contributed by atoms with Crippen molar-refractivity contribution in [2.45, 2.75) is 38.0 Å². The number of amides is 1. The van der Waals surface area contributed by atoms with Gasteiger partial charge in [-0.1, -0.05) is 41.9 Å². The van der Waals surface area contributed by atoms with Gasteiger partial charge >= 0.3 is 0 Å². The molecule has 1 aliphatic rings. The van der Waals surface area contributed by atoms with Crippen LogP contribution in [0.15, 0.2) is 60.9 Å². The van der Waals surface area contributed by atoms with Crippen LogP contribution >= 0.6 is 11.6 Å². The lowest BCUT2D eigenvalue weighted by atomic mass is 10.2. The van der Waals surface area contributed by atoms with Crippen LogP contribution in [0.5, 0.6) is 0 Å². The Kier molecular flexibility index (Phi) is 7.02. The van der Waals surface area contributed by atoms with Crippen molar-refractivity contribution in [3.8, 4) is 0 Å². The number of nitrogens with zero attached hydrogens (tertiary/aromatic N) is 2. The lowest BCUT2D eigenvalue weighted by Crippen LogP contribution is -2.22. The molecule has 8 nitrogen and oxygen atoms in total. The van der Waals surface area contributed by atoms with E-state index in [1.165, 1.54) is 18.3 Å². The van der Waals surface area contributed by atoms with Gasteiger partial charge in [0, 0.05) is 16.9 Å². The number of hydrogen-bond acceptors (Lipinski definition) is 5. The Balaban J connectivity index is 1.42. The smallest absolute Gasteiger partial charge is 0.258 e. The van der Waals surface area contributed by atoms with E-state index in [-0.39, 0.29) is 23.7 Å². The van der Waals surface area contributed by atoms with Gasteiger partial charge in [0.2, 0.25) is 10.0 Å². The van der Waals surface area contributed by atoms with E-state index in [9.17, 15) is 13.2 Å². The first-order valence-electron chi connectivity index (χ1n) is 10.6. The number of aromatic nitrogens is 2. The highest BCUT2D eigenvalue weighted by Crippen LogP contribution is 2.33. The van der Waals surface area contributed by atoms with Gasteiger partial charge in [-0.15, -0.1) is 0 Å². The first-order chi connectivity index (χ1) is 15.8. The Morgan fingerprint density at radius 1 is 1.18 bits per heavy atom. The SMILES string of the molecule is CS(=O)(=O)Nc1cc(Cl)cc(NC(=O)c2cnn(C3CCCC3OCc3ccccc3)c2)c1. The summed E-state index contributed by atoms with van der Waals surface area (Å²) >= 11 is 6.07. The molecule has 2 unspecified atom stereocenters. The first-order valence-corrected chi connectivity index (χ1v) is 12.8. The van der Waals surface area contributed by atoms with E-state index >= 15 is 0 Å². The van der Waals surface area contributed by atoms with Gasteiger partial charge in [0.25, 0.3) is 5.91 Å². The number of carbonyl (C=O) groups excluding carboxylic acids is 1. The minimum Gasteiger partial charge on any atom is -0.371 e. The van der Waals surface area contributed by atoms with Crippen LogP contribution in [0.25, 0.3) is 0 Å². The van der Waals surface area contributed by atoms with Crippen LogP contribution in [-0.4, -0.2) is 36.5 Å². The molecule has 1 amide bonds. The molecule has 0 saturated heterocycles. The van der Waals surface area contributed by atoms with Crippen LogP contribution in [0.2, 0.25) is 5.02 Å². The van der Waals surface area contributed by atoms with Gasteiger partial charge in [-0.05, 0) is 43.0 Å². The van der Waals surface area contributed by atoms with E-state index in [0.717, 1.165) is 31.1 Å². The molecular formula is C23H25ClN4O4S. The molecule has 1 fully saturated rings. The zero-order chi connectivity index (χ0) is 23.4. The quantitative estimate of drug-likeness (QED) is 0.487. The second-order valence-electron chi connectivity index (χ2n) is 8.10. The van der Waals surface area contributed by atoms with Crippen LogP contribution in [0, 0.1) is 0 Å². The highest BCUT2D eigenvalue weighted by atomic mass is 35.5. The molecule has 1 aromatic heterocycles. The minimum absolute atomic E-state index is 0.0265. The number of hydrogen-bond donors (Lipinski definition) is 2.